The molecular formula is C5H10INO. The van der Waals surface area contributed by atoms with E-state index in [1.165, 1.54) is 0 Å². The summed E-state index contributed by atoms with van der Waals surface area (Å²) in [5.41, 5.74) is 5.27. The van der Waals surface area contributed by atoms with Gasteiger partial charge in [-0.05, 0) is 0 Å². The van der Waals surface area contributed by atoms with E-state index >= 15 is 0 Å². The van der Waals surface area contributed by atoms with Gasteiger partial charge in [0.05, 0.1) is 0 Å². The van der Waals surface area contributed by atoms with E-state index in [0.717, 1.165) is 0 Å². The van der Waals surface area contributed by atoms with Crippen LogP contribution >= 0.6 is 22.6 Å². The van der Waals surface area contributed by atoms with Crippen LogP contribution in [0.1, 0.15) is 13.8 Å². The summed E-state index contributed by atoms with van der Waals surface area (Å²) in [6.07, 6.45) is 0. The molecule has 2 nitrogen and oxygen atoms in total. The van der Waals surface area contributed by atoms with E-state index in [1.807, 2.05) is 36.4 Å². The van der Waals surface area contributed by atoms with Gasteiger partial charge in [0.25, 0.3) is 0 Å². The molecule has 0 radical (unpaired) electrons. The van der Waals surface area contributed by atoms with Crippen LogP contribution in [0.2, 0.25) is 0 Å². The van der Waals surface area contributed by atoms with Gasteiger partial charge < -0.3 is 5.73 Å². The van der Waals surface area contributed by atoms with E-state index in [1.54, 1.807) is 0 Å². The normalized spacial score (nSPS) is 14.1. The summed E-state index contributed by atoms with van der Waals surface area (Å²) in [7, 11) is 0. The lowest BCUT2D eigenvalue weighted by Gasteiger charge is -2.03. The molecule has 2 N–H and O–H groups in total. The number of Topliss-reactive ketones (excluding diaryl/α,β-unsaturated/α-hetero) is 1. The standard InChI is InChI=1S/C5H10INO/c1-3(2)4(8)5(6)7/h3,5H,7H2,1-2H3. The Balaban J connectivity index is 3.65. The van der Waals surface area contributed by atoms with E-state index in [9.17, 15) is 4.79 Å². The Labute approximate surface area is 63.0 Å². The minimum atomic E-state index is -0.326. The fourth-order valence-electron chi connectivity index (χ4n) is 0.318. The molecule has 0 heterocycles. The Bertz CT molecular complexity index is 80.4. The predicted octanol–water partition coefficient (Wildman–Crippen LogP) is 0.931. The first kappa shape index (κ1) is 8.36. The fraction of sp³-hybridized carbons (Fsp3) is 0.800. The SMILES string of the molecule is CC(C)C(=O)C(N)I. The van der Waals surface area contributed by atoms with Gasteiger partial charge in [0, 0.05) is 5.92 Å². The average Bonchev–Trinajstić information content (AvgIpc) is 1.64. The number of carbonyl (C=O) groups excluding carboxylic acids is 1. The van der Waals surface area contributed by atoms with Gasteiger partial charge in [0.2, 0.25) is 0 Å². The Morgan fingerprint density at radius 1 is 1.62 bits per heavy atom. The Morgan fingerprint density at radius 2 is 2.00 bits per heavy atom. The number of hydrogen-bond donors (Lipinski definition) is 1. The zero-order valence-electron chi connectivity index (χ0n) is 5.02. The van der Waals surface area contributed by atoms with Crippen molar-refractivity contribution >= 4 is 28.4 Å². The summed E-state index contributed by atoms with van der Waals surface area (Å²) in [6, 6.07) is 0. The molecule has 0 saturated heterocycles. The summed E-state index contributed by atoms with van der Waals surface area (Å²) >= 11 is 1.91. The van der Waals surface area contributed by atoms with E-state index < -0.39 is 0 Å². The molecule has 0 aromatic rings. The Kier molecular flexibility index (Phi) is 3.55. The lowest BCUT2D eigenvalue weighted by molar-refractivity contribution is -0.120. The van der Waals surface area contributed by atoms with E-state index in [2.05, 4.69) is 0 Å². The van der Waals surface area contributed by atoms with Gasteiger partial charge in [-0.3, -0.25) is 4.79 Å². The van der Waals surface area contributed by atoms with Crippen molar-refractivity contribution in [3.05, 3.63) is 0 Å². The number of carbonyl (C=O) groups is 1. The summed E-state index contributed by atoms with van der Waals surface area (Å²) in [5.74, 6) is 0.188. The molecule has 0 aliphatic carbocycles. The molecule has 0 amide bonds. The quantitative estimate of drug-likeness (QED) is 0.433. The maximum Gasteiger partial charge on any atom is 0.162 e. The van der Waals surface area contributed by atoms with E-state index in [-0.39, 0.29) is 15.7 Å². The van der Waals surface area contributed by atoms with Crippen LogP contribution in [-0.2, 0) is 4.79 Å². The zero-order valence-corrected chi connectivity index (χ0v) is 7.18. The van der Waals surface area contributed by atoms with Crippen LogP contribution in [0, 0.1) is 5.92 Å². The maximum absolute atomic E-state index is 10.7. The second kappa shape index (κ2) is 3.40. The van der Waals surface area contributed by atoms with Crippen molar-refractivity contribution in [2.24, 2.45) is 11.7 Å². The Hall–Kier alpha value is 0.360. The monoisotopic (exact) mass is 227 g/mol. The second-order valence-corrected chi connectivity index (χ2v) is 3.30. The van der Waals surface area contributed by atoms with Crippen LogP contribution in [0.5, 0.6) is 0 Å². The maximum atomic E-state index is 10.7. The summed E-state index contributed by atoms with van der Waals surface area (Å²) in [5, 5.41) is 0. The van der Waals surface area contributed by atoms with Crippen molar-refractivity contribution in [1.29, 1.82) is 0 Å². The molecule has 48 valence electrons. The van der Waals surface area contributed by atoms with Crippen LogP contribution in [0.4, 0.5) is 0 Å². The van der Waals surface area contributed by atoms with Crippen LogP contribution in [0.25, 0.3) is 0 Å². The summed E-state index contributed by atoms with van der Waals surface area (Å²) < 4.78 is -0.326. The third-order valence-corrected chi connectivity index (χ3v) is 1.45. The first-order chi connectivity index (χ1) is 3.55. The fourth-order valence-corrected chi connectivity index (χ4v) is 1.04. The van der Waals surface area contributed by atoms with Crippen molar-refractivity contribution in [2.45, 2.75) is 17.9 Å². The minimum absolute atomic E-state index is 0.0712. The minimum Gasteiger partial charge on any atom is -0.313 e. The number of alkyl halides is 1. The van der Waals surface area contributed by atoms with Gasteiger partial charge in [-0.1, -0.05) is 36.4 Å². The predicted molar refractivity (Wildman–Crippen MR) is 41.8 cm³/mol. The average molecular weight is 227 g/mol. The largest absolute Gasteiger partial charge is 0.313 e. The number of nitrogens with two attached hydrogens (primary N) is 1. The lowest BCUT2D eigenvalue weighted by Crippen LogP contribution is -2.27. The Morgan fingerprint density at radius 3 is 2.00 bits per heavy atom. The summed E-state index contributed by atoms with van der Waals surface area (Å²) in [4.78, 5) is 10.7. The van der Waals surface area contributed by atoms with Gasteiger partial charge in [0.15, 0.2) is 5.78 Å². The van der Waals surface area contributed by atoms with Gasteiger partial charge in [-0.2, -0.15) is 0 Å². The molecular weight excluding hydrogens is 217 g/mol. The number of halogens is 1. The van der Waals surface area contributed by atoms with Crippen LogP contribution in [0.15, 0.2) is 0 Å². The van der Waals surface area contributed by atoms with Crippen molar-refractivity contribution in [2.75, 3.05) is 0 Å². The van der Waals surface area contributed by atoms with Crippen LogP contribution < -0.4 is 5.73 Å². The molecule has 0 spiro atoms. The van der Waals surface area contributed by atoms with Crippen molar-refractivity contribution < 1.29 is 4.79 Å². The third-order valence-electron chi connectivity index (χ3n) is 0.841. The van der Waals surface area contributed by atoms with Crippen LogP contribution in [-0.4, -0.2) is 9.83 Å². The molecule has 0 rings (SSSR count). The van der Waals surface area contributed by atoms with Gasteiger partial charge in [0.1, 0.15) is 4.05 Å². The topological polar surface area (TPSA) is 43.1 Å². The smallest absolute Gasteiger partial charge is 0.162 e. The molecule has 8 heavy (non-hydrogen) atoms. The molecule has 0 fully saturated rings. The third kappa shape index (κ3) is 2.61. The number of hydrogen-bond acceptors (Lipinski definition) is 2. The van der Waals surface area contributed by atoms with E-state index in [4.69, 9.17) is 5.73 Å². The highest BCUT2D eigenvalue weighted by molar-refractivity contribution is 14.1. The molecule has 3 heteroatoms. The van der Waals surface area contributed by atoms with Gasteiger partial charge in [-0.25, -0.2) is 0 Å². The zero-order chi connectivity index (χ0) is 6.73. The highest BCUT2D eigenvalue weighted by Gasteiger charge is 2.12. The molecule has 0 aromatic heterocycles. The highest BCUT2D eigenvalue weighted by atomic mass is 127. The van der Waals surface area contributed by atoms with Crippen molar-refractivity contribution in [3.8, 4) is 0 Å². The van der Waals surface area contributed by atoms with Crippen LogP contribution in [0.3, 0.4) is 0 Å². The number of ketones is 1. The molecule has 1 atom stereocenters. The molecule has 0 saturated carbocycles. The van der Waals surface area contributed by atoms with Crippen molar-refractivity contribution in [1.82, 2.24) is 0 Å². The van der Waals surface area contributed by atoms with E-state index in [0.29, 0.717) is 0 Å². The van der Waals surface area contributed by atoms with Gasteiger partial charge in [-0.15, -0.1) is 0 Å². The second-order valence-electron chi connectivity index (χ2n) is 1.96. The molecule has 1 unspecified atom stereocenters. The lowest BCUT2D eigenvalue weighted by atomic mass is 10.1. The van der Waals surface area contributed by atoms with Crippen molar-refractivity contribution in [3.63, 3.8) is 0 Å². The molecule has 0 aliphatic heterocycles. The molecule has 0 bridgehead atoms. The molecule has 0 aliphatic rings. The highest BCUT2D eigenvalue weighted by Crippen LogP contribution is 2.02. The van der Waals surface area contributed by atoms with Gasteiger partial charge >= 0.3 is 0 Å². The molecule has 0 aromatic carbocycles. The summed E-state index contributed by atoms with van der Waals surface area (Å²) in [6.45, 7) is 3.70. The first-order valence-corrected chi connectivity index (χ1v) is 3.73. The number of rotatable bonds is 2. The first-order valence-electron chi connectivity index (χ1n) is 2.49.